The fourth-order valence-corrected chi connectivity index (χ4v) is 10.0. The van der Waals surface area contributed by atoms with Crippen molar-refractivity contribution in [1.29, 1.82) is 0 Å². The molecule has 1 aliphatic heterocycles. The standard InChI is InChI=1S/C49H31N3OS/c1-3-11-30(12-4-1)31-21-25-45-39(27-31)47-46(53-45)26-24-40-48(47)54-49(50-40)52-42-18-10-8-16-36(42)38-23-20-33(29-44(38)52)32-19-22-37-35-15-7-9-17-41(35)51(43(37)28-32)34-13-5-2-6-14-34/h1-29,49-50H. The largest absolute Gasteiger partial charge is 0.456 e. The highest BCUT2D eigenvalue weighted by atomic mass is 32.2. The number of benzene rings is 8. The van der Waals surface area contributed by atoms with Gasteiger partial charge in [-0.25, -0.2) is 0 Å². The monoisotopic (exact) mass is 709 g/mol. The molecule has 0 saturated carbocycles. The van der Waals surface area contributed by atoms with E-state index in [4.69, 9.17) is 4.42 Å². The minimum absolute atomic E-state index is 0.0476. The fraction of sp³-hybridized carbons (Fsp3) is 0.0204. The number of nitrogens with one attached hydrogen (secondary N) is 1. The van der Waals surface area contributed by atoms with Crippen molar-refractivity contribution in [3.05, 3.63) is 176 Å². The van der Waals surface area contributed by atoms with Crippen LogP contribution in [0.3, 0.4) is 0 Å². The first-order valence-electron chi connectivity index (χ1n) is 18.4. The Labute approximate surface area is 314 Å². The van der Waals surface area contributed by atoms with Gasteiger partial charge in [0.25, 0.3) is 0 Å². The van der Waals surface area contributed by atoms with Gasteiger partial charge in [0, 0.05) is 42.9 Å². The number of anilines is 1. The summed E-state index contributed by atoms with van der Waals surface area (Å²) in [6, 6.07) is 63.5. The van der Waals surface area contributed by atoms with Crippen molar-refractivity contribution >= 4 is 83.0 Å². The molecule has 3 aromatic heterocycles. The normalized spacial score (nSPS) is 14.2. The van der Waals surface area contributed by atoms with E-state index >= 15 is 0 Å². The lowest BCUT2D eigenvalue weighted by Crippen LogP contribution is -2.10. The Morgan fingerprint density at radius 1 is 0.444 bits per heavy atom. The molecule has 0 bridgehead atoms. The van der Waals surface area contributed by atoms with Crippen LogP contribution < -0.4 is 5.32 Å². The maximum atomic E-state index is 6.44. The molecule has 0 fully saturated rings. The van der Waals surface area contributed by atoms with Gasteiger partial charge < -0.3 is 18.9 Å². The molecular formula is C49H31N3OS. The number of rotatable bonds is 4. The summed E-state index contributed by atoms with van der Waals surface area (Å²) < 4.78 is 11.3. The summed E-state index contributed by atoms with van der Waals surface area (Å²) >= 11 is 1.87. The second-order valence-electron chi connectivity index (χ2n) is 14.1. The average molecular weight is 710 g/mol. The van der Waals surface area contributed by atoms with E-state index in [1.807, 2.05) is 11.8 Å². The molecule has 1 aliphatic rings. The number of furan rings is 1. The maximum Gasteiger partial charge on any atom is 0.157 e. The molecule has 0 aliphatic carbocycles. The summed E-state index contributed by atoms with van der Waals surface area (Å²) in [5.74, 6) is 0. The molecule has 0 spiro atoms. The topological polar surface area (TPSA) is 35.0 Å². The first kappa shape index (κ1) is 29.8. The second kappa shape index (κ2) is 11.4. The molecule has 8 aromatic carbocycles. The third-order valence-electron chi connectivity index (χ3n) is 11.2. The van der Waals surface area contributed by atoms with Crippen LogP contribution in [-0.4, -0.2) is 9.13 Å². The third-order valence-corrected chi connectivity index (χ3v) is 12.4. The van der Waals surface area contributed by atoms with Crippen LogP contribution in [0.5, 0.6) is 0 Å². The molecule has 0 amide bonds. The quantitative estimate of drug-likeness (QED) is 0.198. The molecule has 1 unspecified atom stereocenters. The number of fused-ring (bicyclic) bond motifs is 11. The van der Waals surface area contributed by atoms with Crippen molar-refractivity contribution in [2.75, 3.05) is 5.32 Å². The number of hydrogen-bond donors (Lipinski definition) is 1. The van der Waals surface area contributed by atoms with E-state index in [0.29, 0.717) is 0 Å². The lowest BCUT2D eigenvalue weighted by atomic mass is 10.0. The van der Waals surface area contributed by atoms with Gasteiger partial charge in [-0.15, -0.1) is 0 Å². The van der Waals surface area contributed by atoms with E-state index in [-0.39, 0.29) is 5.50 Å². The molecule has 254 valence electrons. The van der Waals surface area contributed by atoms with Crippen molar-refractivity contribution in [2.24, 2.45) is 0 Å². The number of thioether (sulfide) groups is 1. The van der Waals surface area contributed by atoms with Crippen LogP contribution in [0.15, 0.2) is 185 Å². The summed E-state index contributed by atoms with van der Waals surface area (Å²) in [6.07, 6.45) is 0. The predicted octanol–water partition coefficient (Wildman–Crippen LogP) is 13.8. The zero-order valence-electron chi connectivity index (χ0n) is 29.0. The van der Waals surface area contributed by atoms with Gasteiger partial charge in [0.05, 0.1) is 27.8 Å². The zero-order chi connectivity index (χ0) is 35.3. The Kier molecular flexibility index (Phi) is 6.30. The van der Waals surface area contributed by atoms with Gasteiger partial charge in [0.1, 0.15) is 11.2 Å². The lowest BCUT2D eigenvalue weighted by Gasteiger charge is -2.16. The van der Waals surface area contributed by atoms with E-state index in [1.165, 1.54) is 76.1 Å². The van der Waals surface area contributed by atoms with Crippen LogP contribution in [0, 0.1) is 0 Å². The highest BCUT2D eigenvalue weighted by Crippen LogP contribution is 2.52. The van der Waals surface area contributed by atoms with Crippen molar-refractivity contribution in [2.45, 2.75) is 10.4 Å². The smallest absolute Gasteiger partial charge is 0.157 e. The first-order chi connectivity index (χ1) is 26.8. The Hall–Kier alpha value is -6.69. The summed E-state index contributed by atoms with van der Waals surface area (Å²) in [7, 11) is 0. The molecule has 54 heavy (non-hydrogen) atoms. The molecule has 12 rings (SSSR count). The Bertz CT molecular complexity index is 3280. The van der Waals surface area contributed by atoms with Crippen molar-refractivity contribution in [3.8, 4) is 27.9 Å². The highest BCUT2D eigenvalue weighted by molar-refractivity contribution is 8.00. The van der Waals surface area contributed by atoms with Gasteiger partial charge in [-0.05, 0) is 82.9 Å². The van der Waals surface area contributed by atoms with Crippen LogP contribution >= 0.6 is 11.8 Å². The molecule has 0 radical (unpaired) electrons. The third kappa shape index (κ3) is 4.33. The molecule has 0 saturated heterocycles. The fourth-order valence-electron chi connectivity index (χ4n) is 8.71. The number of aromatic nitrogens is 2. The van der Waals surface area contributed by atoms with Crippen LogP contribution in [-0.2, 0) is 0 Å². The van der Waals surface area contributed by atoms with E-state index in [9.17, 15) is 0 Å². The molecular weight excluding hydrogens is 679 g/mol. The second-order valence-corrected chi connectivity index (χ2v) is 15.2. The minimum atomic E-state index is -0.0476. The predicted molar refractivity (Wildman–Crippen MR) is 227 cm³/mol. The van der Waals surface area contributed by atoms with Gasteiger partial charge in [-0.2, -0.15) is 0 Å². The van der Waals surface area contributed by atoms with Crippen molar-refractivity contribution in [3.63, 3.8) is 0 Å². The van der Waals surface area contributed by atoms with Crippen LogP contribution in [0.1, 0.15) is 5.50 Å². The SMILES string of the molecule is c1ccc(-c2ccc3oc4ccc5c(c4c3c2)SC(n2c3ccccc3c3ccc(-c4ccc6c7ccccc7n(-c7ccccc7)c6c4)cc32)N5)cc1. The molecule has 4 heterocycles. The molecule has 11 aromatic rings. The Morgan fingerprint density at radius 2 is 1.04 bits per heavy atom. The maximum absolute atomic E-state index is 6.44. The first-order valence-corrected chi connectivity index (χ1v) is 19.2. The summed E-state index contributed by atoms with van der Waals surface area (Å²) in [5, 5.41) is 11.3. The molecule has 4 nitrogen and oxygen atoms in total. The average Bonchev–Trinajstić information content (AvgIpc) is 3.99. The summed E-state index contributed by atoms with van der Waals surface area (Å²) in [5.41, 5.74) is 13.7. The Balaban J connectivity index is 1.01. The van der Waals surface area contributed by atoms with Gasteiger partial charge in [0.2, 0.25) is 0 Å². The van der Waals surface area contributed by atoms with E-state index < -0.39 is 0 Å². The van der Waals surface area contributed by atoms with Gasteiger partial charge >= 0.3 is 0 Å². The number of para-hydroxylation sites is 3. The van der Waals surface area contributed by atoms with E-state index in [0.717, 1.165) is 27.9 Å². The minimum Gasteiger partial charge on any atom is -0.456 e. The van der Waals surface area contributed by atoms with Gasteiger partial charge in [-0.1, -0.05) is 127 Å². The molecule has 5 heteroatoms. The lowest BCUT2D eigenvalue weighted by molar-refractivity contribution is 0.668. The van der Waals surface area contributed by atoms with Gasteiger partial charge in [0.15, 0.2) is 5.50 Å². The number of nitrogens with zero attached hydrogens (tertiary/aromatic N) is 2. The molecule has 1 atom stereocenters. The van der Waals surface area contributed by atoms with Crippen molar-refractivity contribution in [1.82, 2.24) is 9.13 Å². The molecule has 1 N–H and O–H groups in total. The van der Waals surface area contributed by atoms with E-state index in [1.54, 1.807) is 0 Å². The Morgan fingerprint density at radius 3 is 1.83 bits per heavy atom. The van der Waals surface area contributed by atoms with Crippen LogP contribution in [0.25, 0.3) is 93.5 Å². The van der Waals surface area contributed by atoms with Crippen LogP contribution in [0.4, 0.5) is 5.69 Å². The number of hydrogen-bond acceptors (Lipinski definition) is 3. The summed E-state index contributed by atoms with van der Waals surface area (Å²) in [6.45, 7) is 0. The van der Waals surface area contributed by atoms with E-state index in [2.05, 4.69) is 190 Å². The zero-order valence-corrected chi connectivity index (χ0v) is 29.8. The van der Waals surface area contributed by atoms with Gasteiger partial charge in [-0.3, -0.25) is 0 Å². The summed E-state index contributed by atoms with van der Waals surface area (Å²) in [4.78, 5) is 1.22. The van der Waals surface area contributed by atoms with Crippen LogP contribution in [0.2, 0.25) is 0 Å². The van der Waals surface area contributed by atoms with Crippen molar-refractivity contribution < 1.29 is 4.42 Å². The highest BCUT2D eigenvalue weighted by Gasteiger charge is 2.29.